The van der Waals surface area contributed by atoms with Gasteiger partial charge in [0, 0.05) is 21.5 Å². The van der Waals surface area contributed by atoms with Crippen LogP contribution >= 0.6 is 11.3 Å². The van der Waals surface area contributed by atoms with Gasteiger partial charge in [0.25, 0.3) is 0 Å². The van der Waals surface area contributed by atoms with Crippen molar-refractivity contribution >= 4 is 17.2 Å². The summed E-state index contributed by atoms with van der Waals surface area (Å²) in [5.74, 6) is 0.627. The molecule has 0 aromatic carbocycles. The van der Waals surface area contributed by atoms with E-state index in [2.05, 4.69) is 24.2 Å². The van der Waals surface area contributed by atoms with E-state index in [1.807, 2.05) is 29.1 Å². The zero-order valence-corrected chi connectivity index (χ0v) is 9.84. The van der Waals surface area contributed by atoms with E-state index < -0.39 is 0 Å². The van der Waals surface area contributed by atoms with E-state index >= 15 is 0 Å². The molecule has 2 N–H and O–H groups in total. The van der Waals surface area contributed by atoms with Crippen LogP contribution in [0.25, 0.3) is 0 Å². The molecule has 0 saturated heterocycles. The van der Waals surface area contributed by atoms with Crippen molar-refractivity contribution in [3.63, 3.8) is 0 Å². The molecule has 0 fully saturated rings. The van der Waals surface area contributed by atoms with Gasteiger partial charge in [-0.2, -0.15) is 5.10 Å². The van der Waals surface area contributed by atoms with Crippen molar-refractivity contribution in [2.24, 2.45) is 0 Å². The fourth-order valence-electron chi connectivity index (χ4n) is 1.47. The van der Waals surface area contributed by atoms with E-state index in [1.165, 1.54) is 9.75 Å². The third kappa shape index (κ3) is 2.21. The van der Waals surface area contributed by atoms with Gasteiger partial charge < -0.3 is 5.73 Å². The van der Waals surface area contributed by atoms with Gasteiger partial charge in [0.2, 0.25) is 0 Å². The first kappa shape index (κ1) is 10.2. The molecule has 0 aliphatic heterocycles. The predicted octanol–water partition coefficient (Wildman–Crippen LogP) is 2.45. The van der Waals surface area contributed by atoms with E-state index in [0.717, 1.165) is 18.5 Å². The molecule has 3 nitrogen and oxygen atoms in total. The molecule has 0 radical (unpaired) electrons. The second-order valence-corrected chi connectivity index (χ2v) is 4.87. The van der Waals surface area contributed by atoms with Gasteiger partial charge in [0.1, 0.15) is 5.82 Å². The number of hydrogen-bond acceptors (Lipinski definition) is 3. The van der Waals surface area contributed by atoms with Crippen LogP contribution < -0.4 is 5.73 Å². The summed E-state index contributed by atoms with van der Waals surface area (Å²) in [5.41, 5.74) is 6.74. The molecule has 0 spiro atoms. The van der Waals surface area contributed by atoms with Crippen molar-refractivity contribution in [3.05, 3.63) is 33.6 Å². The highest BCUT2D eigenvalue weighted by Crippen LogP contribution is 2.18. The molecule has 80 valence electrons. The Hall–Kier alpha value is -1.29. The molecule has 0 saturated carbocycles. The van der Waals surface area contributed by atoms with Gasteiger partial charge in [0.15, 0.2) is 0 Å². The maximum Gasteiger partial charge on any atom is 0.148 e. The van der Waals surface area contributed by atoms with E-state index in [0.29, 0.717) is 5.82 Å². The Labute approximate surface area is 93.5 Å². The van der Waals surface area contributed by atoms with E-state index in [4.69, 9.17) is 5.73 Å². The number of nitrogens with two attached hydrogens (primary N) is 1. The average Bonchev–Trinajstić information content (AvgIpc) is 2.76. The topological polar surface area (TPSA) is 43.8 Å². The van der Waals surface area contributed by atoms with Crippen molar-refractivity contribution in [1.29, 1.82) is 0 Å². The maximum absolute atomic E-state index is 5.70. The van der Waals surface area contributed by atoms with Gasteiger partial charge in [-0.05, 0) is 25.5 Å². The number of anilines is 1. The second kappa shape index (κ2) is 4.06. The summed E-state index contributed by atoms with van der Waals surface area (Å²) < 4.78 is 1.90. The van der Waals surface area contributed by atoms with Gasteiger partial charge in [-0.3, -0.25) is 4.68 Å². The first-order chi connectivity index (χ1) is 7.19. The van der Waals surface area contributed by atoms with Gasteiger partial charge in [-0.1, -0.05) is 6.92 Å². The normalized spacial score (nSPS) is 10.8. The molecule has 2 heterocycles. The molecule has 2 aromatic rings. The summed E-state index contributed by atoms with van der Waals surface area (Å²) in [5, 5.41) is 4.24. The summed E-state index contributed by atoms with van der Waals surface area (Å²) >= 11 is 1.84. The quantitative estimate of drug-likeness (QED) is 0.865. The van der Waals surface area contributed by atoms with Crippen LogP contribution in [-0.2, 0) is 13.0 Å². The summed E-state index contributed by atoms with van der Waals surface area (Å²) in [4.78, 5) is 2.75. The summed E-state index contributed by atoms with van der Waals surface area (Å²) in [7, 11) is 0. The Morgan fingerprint density at radius 1 is 1.40 bits per heavy atom. The second-order valence-electron chi connectivity index (χ2n) is 3.62. The molecular weight excluding hydrogens is 206 g/mol. The SMILES string of the molecule is CCc1ccc(Cn2cc(C)c(N)n2)s1. The van der Waals surface area contributed by atoms with Crippen molar-refractivity contribution in [2.45, 2.75) is 26.8 Å². The van der Waals surface area contributed by atoms with Crippen molar-refractivity contribution in [3.8, 4) is 0 Å². The monoisotopic (exact) mass is 221 g/mol. The van der Waals surface area contributed by atoms with Gasteiger partial charge in [-0.15, -0.1) is 11.3 Å². The van der Waals surface area contributed by atoms with Crippen LogP contribution in [0.15, 0.2) is 18.3 Å². The molecule has 0 unspecified atom stereocenters. The van der Waals surface area contributed by atoms with Gasteiger partial charge >= 0.3 is 0 Å². The number of nitrogen functional groups attached to an aromatic ring is 1. The Morgan fingerprint density at radius 3 is 2.67 bits per heavy atom. The third-order valence-electron chi connectivity index (χ3n) is 2.37. The van der Waals surface area contributed by atoms with E-state index in [1.54, 1.807) is 0 Å². The van der Waals surface area contributed by atoms with Crippen molar-refractivity contribution in [2.75, 3.05) is 5.73 Å². The largest absolute Gasteiger partial charge is 0.382 e. The smallest absolute Gasteiger partial charge is 0.148 e. The lowest BCUT2D eigenvalue weighted by molar-refractivity contribution is 0.698. The molecule has 0 amide bonds. The number of aryl methyl sites for hydroxylation is 2. The lowest BCUT2D eigenvalue weighted by atomic mass is 10.3. The van der Waals surface area contributed by atoms with Crippen LogP contribution in [0.3, 0.4) is 0 Å². The van der Waals surface area contributed by atoms with Crippen LogP contribution in [0.5, 0.6) is 0 Å². The Morgan fingerprint density at radius 2 is 2.13 bits per heavy atom. The molecule has 0 atom stereocenters. The first-order valence-electron chi connectivity index (χ1n) is 5.06. The number of thiophene rings is 1. The van der Waals surface area contributed by atoms with Gasteiger partial charge in [-0.25, -0.2) is 0 Å². The molecule has 0 aliphatic carbocycles. The van der Waals surface area contributed by atoms with E-state index in [9.17, 15) is 0 Å². The molecule has 4 heteroatoms. The highest BCUT2D eigenvalue weighted by atomic mass is 32.1. The molecule has 2 aromatic heterocycles. The summed E-state index contributed by atoms with van der Waals surface area (Å²) in [6, 6.07) is 4.34. The molecule has 0 bridgehead atoms. The molecule has 2 rings (SSSR count). The summed E-state index contributed by atoms with van der Waals surface area (Å²) in [6.07, 6.45) is 3.09. The standard InChI is InChI=1S/C11H15N3S/c1-3-9-4-5-10(15-9)7-14-6-8(2)11(12)13-14/h4-6H,3,7H2,1-2H3,(H2,12,13). The van der Waals surface area contributed by atoms with Crippen LogP contribution in [0.2, 0.25) is 0 Å². The zero-order valence-electron chi connectivity index (χ0n) is 9.03. The minimum absolute atomic E-state index is 0.627. The number of nitrogens with zero attached hydrogens (tertiary/aromatic N) is 2. The lowest BCUT2D eigenvalue weighted by Crippen LogP contribution is -1.99. The van der Waals surface area contributed by atoms with Crippen LogP contribution in [0.4, 0.5) is 5.82 Å². The minimum atomic E-state index is 0.627. The van der Waals surface area contributed by atoms with Gasteiger partial charge in [0.05, 0.1) is 6.54 Å². The minimum Gasteiger partial charge on any atom is -0.382 e. The van der Waals surface area contributed by atoms with Crippen molar-refractivity contribution in [1.82, 2.24) is 9.78 Å². The predicted molar refractivity (Wildman–Crippen MR) is 64.2 cm³/mol. The third-order valence-corrected chi connectivity index (χ3v) is 3.58. The van der Waals surface area contributed by atoms with Crippen LogP contribution in [0, 0.1) is 6.92 Å². The van der Waals surface area contributed by atoms with Crippen LogP contribution in [0.1, 0.15) is 22.2 Å². The summed E-state index contributed by atoms with van der Waals surface area (Å²) in [6.45, 7) is 4.97. The lowest BCUT2D eigenvalue weighted by Gasteiger charge is -1.96. The fourth-order valence-corrected chi connectivity index (χ4v) is 2.42. The highest BCUT2D eigenvalue weighted by molar-refractivity contribution is 7.11. The van der Waals surface area contributed by atoms with Crippen molar-refractivity contribution < 1.29 is 0 Å². The Bertz CT molecular complexity index is 437. The average molecular weight is 221 g/mol. The van der Waals surface area contributed by atoms with E-state index in [-0.39, 0.29) is 0 Å². The maximum atomic E-state index is 5.70. The Balaban J connectivity index is 2.14. The number of hydrogen-bond donors (Lipinski definition) is 1. The number of aromatic nitrogens is 2. The first-order valence-corrected chi connectivity index (χ1v) is 5.88. The highest BCUT2D eigenvalue weighted by Gasteiger charge is 2.03. The fraction of sp³-hybridized carbons (Fsp3) is 0.364. The zero-order chi connectivity index (χ0) is 10.8. The molecule has 0 aliphatic rings. The van der Waals surface area contributed by atoms with Crippen LogP contribution in [-0.4, -0.2) is 9.78 Å². The molecule has 15 heavy (non-hydrogen) atoms. The number of rotatable bonds is 3. The Kier molecular flexibility index (Phi) is 2.77. The molecular formula is C11H15N3S.